The molecule has 94 valence electrons. The number of nitrogen functional groups attached to an aromatic ring is 1. The van der Waals surface area contributed by atoms with Crippen LogP contribution in [-0.4, -0.2) is 15.0 Å². The molecule has 0 spiro atoms. The Morgan fingerprint density at radius 3 is 2.68 bits per heavy atom. The lowest BCUT2D eigenvalue weighted by molar-refractivity contribution is 0.920. The summed E-state index contributed by atoms with van der Waals surface area (Å²) in [5.41, 5.74) is 6.83. The molecule has 3 aromatic rings. The molecule has 3 N–H and O–H groups in total. The number of nitrogens with one attached hydrogen (secondary N) is 1. The summed E-state index contributed by atoms with van der Waals surface area (Å²) in [6.45, 7) is 0. The van der Waals surface area contributed by atoms with Crippen molar-refractivity contribution >= 4 is 28.9 Å². The van der Waals surface area contributed by atoms with E-state index in [4.69, 9.17) is 18.0 Å². The Morgan fingerprint density at radius 1 is 1.05 bits per heavy atom. The van der Waals surface area contributed by atoms with Crippen LogP contribution in [0.4, 0.5) is 5.95 Å². The zero-order chi connectivity index (χ0) is 13.2. The average Bonchev–Trinajstić information content (AvgIpc) is 2.38. The number of benzene rings is 2. The van der Waals surface area contributed by atoms with Gasteiger partial charge in [-0.1, -0.05) is 42.5 Å². The number of aromatic nitrogens is 3. The molecule has 0 amide bonds. The highest BCUT2D eigenvalue weighted by Crippen LogP contribution is 2.20. The number of hydrogen-bond donors (Lipinski definition) is 2. The summed E-state index contributed by atoms with van der Waals surface area (Å²) in [6.07, 6.45) is 0.651. The number of fused-ring (bicyclic) bond motifs is 1. The summed E-state index contributed by atoms with van der Waals surface area (Å²) in [7, 11) is 0. The van der Waals surface area contributed by atoms with Crippen LogP contribution in [0.15, 0.2) is 42.5 Å². The van der Waals surface area contributed by atoms with Gasteiger partial charge in [-0.2, -0.15) is 4.98 Å². The minimum absolute atomic E-state index is 0.270. The molecule has 0 aliphatic rings. The van der Waals surface area contributed by atoms with Gasteiger partial charge in [-0.15, -0.1) is 0 Å². The largest absolute Gasteiger partial charge is 0.369 e. The maximum absolute atomic E-state index is 5.65. The van der Waals surface area contributed by atoms with Gasteiger partial charge in [-0.05, 0) is 28.6 Å². The van der Waals surface area contributed by atoms with Gasteiger partial charge in [0.05, 0.1) is 0 Å². The molecule has 0 aliphatic heterocycles. The van der Waals surface area contributed by atoms with Gasteiger partial charge < -0.3 is 10.7 Å². The van der Waals surface area contributed by atoms with E-state index >= 15 is 0 Å². The SMILES string of the molecule is Nc1nc(=S)nc(Cc2cccc3ccccc23)[nH]1. The predicted molar refractivity (Wildman–Crippen MR) is 78.4 cm³/mol. The monoisotopic (exact) mass is 268 g/mol. The maximum Gasteiger partial charge on any atom is 0.224 e. The third-order valence-corrected chi connectivity index (χ3v) is 3.14. The van der Waals surface area contributed by atoms with E-state index in [1.54, 1.807) is 0 Å². The van der Waals surface area contributed by atoms with Gasteiger partial charge in [0.15, 0.2) is 0 Å². The molecule has 0 saturated carbocycles. The Balaban J connectivity index is 2.08. The van der Waals surface area contributed by atoms with Gasteiger partial charge in [-0.3, -0.25) is 0 Å². The summed E-state index contributed by atoms with van der Waals surface area (Å²) in [5.74, 6) is 1.03. The molecular weight excluding hydrogens is 256 g/mol. The number of nitrogens with two attached hydrogens (primary N) is 1. The molecule has 0 saturated heterocycles. The van der Waals surface area contributed by atoms with E-state index < -0.39 is 0 Å². The third kappa shape index (κ3) is 2.46. The van der Waals surface area contributed by atoms with Crippen molar-refractivity contribution in [2.75, 3.05) is 5.73 Å². The van der Waals surface area contributed by atoms with E-state index in [0.29, 0.717) is 12.4 Å². The lowest BCUT2D eigenvalue weighted by Crippen LogP contribution is -2.03. The first kappa shape index (κ1) is 11.8. The van der Waals surface area contributed by atoms with Gasteiger partial charge >= 0.3 is 0 Å². The van der Waals surface area contributed by atoms with Crippen LogP contribution in [0.2, 0.25) is 0 Å². The zero-order valence-electron chi connectivity index (χ0n) is 10.1. The molecular formula is C14H12N4S. The Morgan fingerprint density at radius 2 is 1.84 bits per heavy atom. The van der Waals surface area contributed by atoms with Crippen molar-refractivity contribution in [3.8, 4) is 0 Å². The Hall–Kier alpha value is -2.27. The van der Waals surface area contributed by atoms with Crippen molar-refractivity contribution in [3.63, 3.8) is 0 Å². The molecule has 1 aromatic heterocycles. The first-order valence-corrected chi connectivity index (χ1v) is 6.32. The molecule has 0 unspecified atom stereocenters. The van der Waals surface area contributed by atoms with Gasteiger partial charge in [0.2, 0.25) is 10.7 Å². The molecule has 3 rings (SSSR count). The molecule has 2 aromatic carbocycles. The minimum atomic E-state index is 0.270. The summed E-state index contributed by atoms with van der Waals surface area (Å²) >= 11 is 4.98. The molecule has 0 aliphatic carbocycles. The molecule has 19 heavy (non-hydrogen) atoms. The second-order valence-corrected chi connectivity index (χ2v) is 4.64. The standard InChI is InChI=1S/C14H12N4S/c15-13-16-12(17-14(19)18-13)8-10-6-3-5-9-4-1-2-7-11(9)10/h1-7H,8H2,(H3,15,16,17,18,19). The number of anilines is 1. The molecule has 5 heteroatoms. The molecule has 0 radical (unpaired) electrons. The normalized spacial score (nSPS) is 10.7. The number of H-pyrrole nitrogens is 1. The van der Waals surface area contributed by atoms with Crippen LogP contribution in [0.1, 0.15) is 11.4 Å². The van der Waals surface area contributed by atoms with Crippen molar-refractivity contribution in [1.29, 1.82) is 0 Å². The van der Waals surface area contributed by atoms with Gasteiger partial charge in [0.1, 0.15) is 5.82 Å². The van der Waals surface area contributed by atoms with Crippen molar-refractivity contribution in [2.24, 2.45) is 0 Å². The predicted octanol–water partition coefficient (Wildman–Crippen LogP) is 2.86. The zero-order valence-corrected chi connectivity index (χ0v) is 10.9. The van der Waals surface area contributed by atoms with Crippen LogP contribution in [0, 0.1) is 4.77 Å². The first-order chi connectivity index (χ1) is 9.22. The van der Waals surface area contributed by atoms with Crippen LogP contribution < -0.4 is 5.73 Å². The molecule has 1 heterocycles. The van der Waals surface area contributed by atoms with Crippen LogP contribution in [0.5, 0.6) is 0 Å². The van der Waals surface area contributed by atoms with Crippen molar-refractivity contribution in [3.05, 3.63) is 58.6 Å². The fourth-order valence-corrected chi connectivity index (χ4v) is 2.37. The summed E-state index contributed by atoms with van der Waals surface area (Å²) in [4.78, 5) is 11.0. The maximum atomic E-state index is 5.65. The van der Waals surface area contributed by atoms with Gasteiger partial charge in [0, 0.05) is 6.42 Å². The van der Waals surface area contributed by atoms with Crippen LogP contribution in [0.3, 0.4) is 0 Å². The molecule has 0 atom stereocenters. The fraction of sp³-hybridized carbons (Fsp3) is 0.0714. The summed E-state index contributed by atoms with van der Waals surface area (Å²) < 4.78 is 0.270. The summed E-state index contributed by atoms with van der Waals surface area (Å²) in [5, 5.41) is 2.42. The van der Waals surface area contributed by atoms with Gasteiger partial charge in [0.25, 0.3) is 0 Å². The van der Waals surface area contributed by atoms with Gasteiger partial charge in [-0.25, -0.2) is 4.98 Å². The van der Waals surface area contributed by atoms with Crippen molar-refractivity contribution < 1.29 is 0 Å². The second-order valence-electron chi connectivity index (χ2n) is 4.28. The highest BCUT2D eigenvalue weighted by Gasteiger charge is 2.04. The lowest BCUT2D eigenvalue weighted by Gasteiger charge is -2.06. The highest BCUT2D eigenvalue weighted by atomic mass is 32.1. The van der Waals surface area contributed by atoms with E-state index in [1.165, 1.54) is 16.3 Å². The molecule has 0 bridgehead atoms. The highest BCUT2D eigenvalue weighted by molar-refractivity contribution is 7.71. The lowest BCUT2D eigenvalue weighted by atomic mass is 10.0. The minimum Gasteiger partial charge on any atom is -0.369 e. The van der Waals surface area contributed by atoms with Crippen LogP contribution in [-0.2, 0) is 6.42 Å². The smallest absolute Gasteiger partial charge is 0.224 e. The summed E-state index contributed by atoms with van der Waals surface area (Å²) in [6, 6.07) is 14.5. The number of hydrogen-bond acceptors (Lipinski definition) is 4. The van der Waals surface area contributed by atoms with E-state index in [1.807, 2.05) is 18.2 Å². The molecule has 4 nitrogen and oxygen atoms in total. The topological polar surface area (TPSA) is 67.6 Å². The average molecular weight is 268 g/mol. The first-order valence-electron chi connectivity index (χ1n) is 5.92. The van der Waals surface area contributed by atoms with Crippen molar-refractivity contribution in [1.82, 2.24) is 15.0 Å². The number of nitrogens with zero attached hydrogens (tertiary/aromatic N) is 2. The van der Waals surface area contributed by atoms with Crippen molar-refractivity contribution in [2.45, 2.75) is 6.42 Å². The fourth-order valence-electron chi connectivity index (χ4n) is 2.16. The van der Waals surface area contributed by atoms with Crippen LogP contribution in [0.25, 0.3) is 10.8 Å². The number of rotatable bonds is 2. The van der Waals surface area contributed by atoms with E-state index in [2.05, 4.69) is 39.2 Å². The number of aromatic amines is 1. The quantitative estimate of drug-likeness (QED) is 0.701. The Bertz CT molecular complexity index is 789. The Labute approximate surface area is 115 Å². The Kier molecular flexibility index (Phi) is 2.97. The van der Waals surface area contributed by atoms with E-state index in [0.717, 1.165) is 5.82 Å². The third-order valence-electron chi connectivity index (χ3n) is 2.96. The van der Waals surface area contributed by atoms with E-state index in [9.17, 15) is 0 Å². The second kappa shape index (κ2) is 4.78. The van der Waals surface area contributed by atoms with Crippen LogP contribution >= 0.6 is 12.2 Å². The van der Waals surface area contributed by atoms with E-state index in [-0.39, 0.29) is 4.77 Å². The molecule has 0 fully saturated rings.